The predicted octanol–water partition coefficient (Wildman–Crippen LogP) is 1.55. The van der Waals surface area contributed by atoms with Crippen LogP contribution in [0.4, 0.5) is 0 Å². The molecule has 1 aliphatic heterocycles. The molecule has 1 aromatic rings. The minimum absolute atomic E-state index is 0.0533. The van der Waals surface area contributed by atoms with Crippen LogP contribution in [-0.4, -0.2) is 56.7 Å². The maximum absolute atomic E-state index is 12.0. The molecular formula is C19H30N4O3. The van der Waals surface area contributed by atoms with E-state index in [1.807, 2.05) is 32.9 Å². The van der Waals surface area contributed by atoms with E-state index in [-0.39, 0.29) is 18.0 Å². The zero-order valence-corrected chi connectivity index (χ0v) is 16.6. The van der Waals surface area contributed by atoms with Crippen molar-refractivity contribution < 1.29 is 14.3 Å². The maximum atomic E-state index is 12.0. The molecule has 144 valence electrons. The zero-order chi connectivity index (χ0) is 19.3. The van der Waals surface area contributed by atoms with Gasteiger partial charge < -0.3 is 25.0 Å². The number of ether oxygens (including phenoxy) is 2. The third kappa shape index (κ3) is 5.03. The molecular weight excluding hydrogens is 332 g/mol. The Morgan fingerprint density at radius 2 is 1.81 bits per heavy atom. The number of hydrogen-bond donors (Lipinski definition) is 2. The van der Waals surface area contributed by atoms with Crippen molar-refractivity contribution in [1.82, 2.24) is 15.5 Å². The first-order valence-electron chi connectivity index (χ1n) is 8.77. The van der Waals surface area contributed by atoms with Gasteiger partial charge in [-0.3, -0.25) is 9.79 Å². The lowest BCUT2D eigenvalue weighted by Crippen LogP contribution is -2.50. The van der Waals surface area contributed by atoms with Crippen LogP contribution in [0.5, 0.6) is 11.5 Å². The molecule has 0 bridgehead atoms. The number of aliphatic imine (C=N–C) groups is 1. The lowest BCUT2D eigenvalue weighted by atomic mass is 9.99. The summed E-state index contributed by atoms with van der Waals surface area (Å²) in [6, 6.07) is 4.05. The van der Waals surface area contributed by atoms with Crippen LogP contribution in [-0.2, 0) is 17.8 Å². The number of carbonyl (C=O) groups is 1. The van der Waals surface area contributed by atoms with E-state index in [1.165, 1.54) is 11.1 Å². The molecule has 0 aromatic heterocycles. The van der Waals surface area contributed by atoms with E-state index < -0.39 is 0 Å². The highest BCUT2D eigenvalue weighted by atomic mass is 16.5. The minimum Gasteiger partial charge on any atom is -0.493 e. The molecule has 2 N–H and O–H groups in total. The molecule has 2 rings (SSSR count). The topological polar surface area (TPSA) is 75.2 Å². The van der Waals surface area contributed by atoms with Crippen LogP contribution in [0.15, 0.2) is 17.1 Å². The van der Waals surface area contributed by atoms with Crippen LogP contribution < -0.4 is 20.1 Å². The number of amides is 1. The second kappa shape index (κ2) is 8.29. The monoisotopic (exact) mass is 362 g/mol. The van der Waals surface area contributed by atoms with Crippen molar-refractivity contribution in [2.45, 2.75) is 39.3 Å². The Morgan fingerprint density at radius 1 is 1.19 bits per heavy atom. The lowest BCUT2D eigenvalue weighted by molar-refractivity contribution is -0.121. The fourth-order valence-corrected chi connectivity index (χ4v) is 3.02. The average Bonchev–Trinajstić information content (AvgIpc) is 2.59. The van der Waals surface area contributed by atoms with Gasteiger partial charge in [0, 0.05) is 25.7 Å². The van der Waals surface area contributed by atoms with Crippen LogP contribution in [0.3, 0.4) is 0 Å². The van der Waals surface area contributed by atoms with Crippen molar-refractivity contribution in [3.63, 3.8) is 0 Å². The van der Waals surface area contributed by atoms with Gasteiger partial charge in [0.1, 0.15) is 0 Å². The van der Waals surface area contributed by atoms with E-state index in [2.05, 4.69) is 20.5 Å². The molecule has 0 fully saturated rings. The SMILES string of the molecule is CN=C(NCC(=O)NC(C)(C)C)N1CCc2cc(OC)c(OC)cc2C1. The molecule has 7 heteroatoms. The van der Waals surface area contributed by atoms with Crippen LogP contribution in [0.25, 0.3) is 0 Å². The molecule has 7 nitrogen and oxygen atoms in total. The standard InChI is InChI=1S/C19H30N4O3/c1-19(2,3)22-17(24)11-21-18(20-4)23-8-7-13-9-15(25-5)16(26-6)10-14(13)12-23/h9-10H,7-8,11-12H2,1-6H3,(H,20,21)(H,22,24). The molecule has 0 saturated heterocycles. The van der Waals surface area contributed by atoms with Crippen LogP contribution in [0.2, 0.25) is 0 Å². The first kappa shape index (κ1) is 19.9. The van der Waals surface area contributed by atoms with E-state index in [0.717, 1.165) is 30.4 Å². The second-order valence-corrected chi connectivity index (χ2v) is 7.35. The van der Waals surface area contributed by atoms with E-state index in [4.69, 9.17) is 9.47 Å². The second-order valence-electron chi connectivity index (χ2n) is 7.35. The largest absolute Gasteiger partial charge is 0.493 e. The number of methoxy groups -OCH3 is 2. The van der Waals surface area contributed by atoms with E-state index >= 15 is 0 Å². The molecule has 1 heterocycles. The summed E-state index contributed by atoms with van der Waals surface area (Å²) >= 11 is 0. The Morgan fingerprint density at radius 3 is 2.35 bits per heavy atom. The molecule has 0 saturated carbocycles. The third-order valence-corrected chi connectivity index (χ3v) is 4.15. The van der Waals surface area contributed by atoms with Gasteiger partial charge in [-0.2, -0.15) is 0 Å². The number of benzene rings is 1. The van der Waals surface area contributed by atoms with Crippen LogP contribution >= 0.6 is 0 Å². The van der Waals surface area contributed by atoms with E-state index in [9.17, 15) is 4.79 Å². The Kier molecular flexibility index (Phi) is 6.34. The van der Waals surface area contributed by atoms with Crippen LogP contribution in [0.1, 0.15) is 31.9 Å². The summed E-state index contributed by atoms with van der Waals surface area (Å²) < 4.78 is 10.8. The number of rotatable bonds is 4. The Labute approximate surface area is 155 Å². The molecule has 0 radical (unpaired) electrons. The first-order valence-corrected chi connectivity index (χ1v) is 8.77. The summed E-state index contributed by atoms with van der Waals surface area (Å²) in [7, 11) is 5.01. The van der Waals surface area contributed by atoms with Crippen molar-refractivity contribution in [3.8, 4) is 11.5 Å². The summed E-state index contributed by atoms with van der Waals surface area (Å²) in [4.78, 5) is 18.5. The minimum atomic E-state index is -0.248. The highest BCUT2D eigenvalue weighted by Gasteiger charge is 2.22. The molecule has 0 unspecified atom stereocenters. The maximum Gasteiger partial charge on any atom is 0.239 e. The van der Waals surface area contributed by atoms with Gasteiger partial charge in [0.2, 0.25) is 5.91 Å². The third-order valence-electron chi connectivity index (χ3n) is 4.15. The molecule has 0 spiro atoms. The van der Waals surface area contributed by atoms with Gasteiger partial charge in [0.25, 0.3) is 0 Å². The number of guanidine groups is 1. The average molecular weight is 362 g/mol. The molecule has 1 amide bonds. The van der Waals surface area contributed by atoms with Crippen molar-refractivity contribution in [1.29, 1.82) is 0 Å². The van der Waals surface area contributed by atoms with E-state index in [1.54, 1.807) is 21.3 Å². The van der Waals surface area contributed by atoms with Gasteiger partial charge in [-0.25, -0.2) is 0 Å². The van der Waals surface area contributed by atoms with Crippen molar-refractivity contribution in [2.75, 3.05) is 34.4 Å². The number of carbonyl (C=O) groups excluding carboxylic acids is 1. The first-order chi connectivity index (χ1) is 12.3. The summed E-state index contributed by atoms with van der Waals surface area (Å²) in [5.41, 5.74) is 2.18. The van der Waals surface area contributed by atoms with Crippen molar-refractivity contribution >= 4 is 11.9 Å². The van der Waals surface area contributed by atoms with Gasteiger partial charge in [-0.15, -0.1) is 0 Å². The zero-order valence-electron chi connectivity index (χ0n) is 16.6. The molecule has 0 atom stereocenters. The van der Waals surface area contributed by atoms with Gasteiger partial charge in [0.05, 0.1) is 20.8 Å². The molecule has 0 aliphatic carbocycles. The van der Waals surface area contributed by atoms with Gasteiger partial charge in [0.15, 0.2) is 17.5 Å². The summed E-state index contributed by atoms with van der Waals surface area (Å²) in [5.74, 6) is 2.14. The lowest BCUT2D eigenvalue weighted by Gasteiger charge is -2.32. The summed E-state index contributed by atoms with van der Waals surface area (Å²) in [6.45, 7) is 7.60. The fourth-order valence-electron chi connectivity index (χ4n) is 3.02. The Hall–Kier alpha value is -2.44. The van der Waals surface area contributed by atoms with Crippen molar-refractivity contribution in [2.24, 2.45) is 4.99 Å². The fraction of sp³-hybridized carbons (Fsp3) is 0.579. The quantitative estimate of drug-likeness (QED) is 0.628. The van der Waals surface area contributed by atoms with Crippen molar-refractivity contribution in [3.05, 3.63) is 23.3 Å². The number of nitrogens with zero attached hydrogens (tertiary/aromatic N) is 2. The highest BCUT2D eigenvalue weighted by Crippen LogP contribution is 2.33. The predicted molar refractivity (Wildman–Crippen MR) is 103 cm³/mol. The summed E-state index contributed by atoms with van der Waals surface area (Å²) in [5, 5.41) is 6.09. The molecule has 1 aliphatic rings. The highest BCUT2D eigenvalue weighted by molar-refractivity contribution is 5.86. The smallest absolute Gasteiger partial charge is 0.239 e. The van der Waals surface area contributed by atoms with Gasteiger partial charge in [-0.05, 0) is 50.5 Å². The van der Waals surface area contributed by atoms with E-state index in [0.29, 0.717) is 6.54 Å². The molecule has 26 heavy (non-hydrogen) atoms. The number of hydrogen-bond acceptors (Lipinski definition) is 4. The van der Waals surface area contributed by atoms with Gasteiger partial charge in [-0.1, -0.05) is 0 Å². The van der Waals surface area contributed by atoms with Crippen LogP contribution in [0, 0.1) is 0 Å². The number of fused-ring (bicyclic) bond motifs is 1. The Balaban J connectivity index is 2.05. The van der Waals surface area contributed by atoms with Gasteiger partial charge >= 0.3 is 0 Å². The molecule has 1 aromatic carbocycles. The number of nitrogens with one attached hydrogen (secondary N) is 2. The summed E-state index contributed by atoms with van der Waals surface area (Å²) in [6.07, 6.45) is 0.880. The Bertz CT molecular complexity index is 680. The normalized spacial score (nSPS) is 14.5.